The lowest BCUT2D eigenvalue weighted by Crippen LogP contribution is -2.45. The summed E-state index contributed by atoms with van der Waals surface area (Å²) in [4.78, 5) is 23.6. The molecule has 0 unspecified atom stereocenters. The number of hydrogen-bond acceptors (Lipinski definition) is 5. The molecule has 0 bridgehead atoms. The molecule has 0 fully saturated rings. The smallest absolute Gasteiger partial charge is 0.408 e. The predicted octanol–water partition coefficient (Wildman–Crippen LogP) is 3.75. The highest BCUT2D eigenvalue weighted by atomic mass is 79.9. The second-order valence-electron chi connectivity index (χ2n) is 5.87. The Balaban J connectivity index is 2.54. The fourth-order valence-corrected chi connectivity index (χ4v) is 3.12. The van der Waals surface area contributed by atoms with Gasteiger partial charge in [0, 0.05) is 16.0 Å². The Morgan fingerprint density at radius 1 is 1.35 bits per heavy atom. The molecule has 0 aliphatic rings. The molecule has 0 aliphatic carbocycles. The molecule has 1 atom stereocenters. The van der Waals surface area contributed by atoms with Crippen LogP contribution in [0.15, 0.2) is 28.7 Å². The Labute approximate surface area is 149 Å². The molecule has 0 saturated heterocycles. The van der Waals surface area contributed by atoms with Crippen molar-refractivity contribution in [2.75, 3.05) is 12.9 Å². The van der Waals surface area contributed by atoms with Crippen molar-refractivity contribution >= 4 is 39.8 Å². The van der Waals surface area contributed by atoms with E-state index in [1.54, 1.807) is 20.8 Å². The number of ether oxygens (including phenoxy) is 2. The van der Waals surface area contributed by atoms with Gasteiger partial charge in [0.05, 0.1) is 7.11 Å². The van der Waals surface area contributed by atoms with E-state index in [4.69, 9.17) is 9.47 Å². The molecule has 0 aromatic heterocycles. The fraction of sp³-hybridized carbons (Fsp3) is 0.500. The maximum absolute atomic E-state index is 11.8. The first-order valence-electron chi connectivity index (χ1n) is 7.11. The highest BCUT2D eigenvalue weighted by molar-refractivity contribution is 9.10. The maximum Gasteiger partial charge on any atom is 0.408 e. The Morgan fingerprint density at radius 3 is 2.61 bits per heavy atom. The van der Waals surface area contributed by atoms with Crippen LogP contribution in [-0.2, 0) is 20.0 Å². The number of benzene rings is 1. The van der Waals surface area contributed by atoms with E-state index in [0.29, 0.717) is 5.75 Å². The van der Waals surface area contributed by atoms with Gasteiger partial charge in [-0.15, -0.1) is 0 Å². The molecule has 0 aliphatic heterocycles. The number of hydrogen-bond donors (Lipinski definition) is 1. The molecular weight excluding hydrogens is 382 g/mol. The molecule has 1 rings (SSSR count). The summed E-state index contributed by atoms with van der Waals surface area (Å²) in [6.45, 7) is 5.30. The number of thioether (sulfide) groups is 1. The summed E-state index contributed by atoms with van der Waals surface area (Å²) in [6, 6.07) is 7.19. The minimum atomic E-state index is -0.744. The van der Waals surface area contributed by atoms with Crippen molar-refractivity contribution in [3.8, 4) is 0 Å². The summed E-state index contributed by atoms with van der Waals surface area (Å²) < 4.78 is 10.9. The molecule has 0 spiro atoms. The number of carbonyl (C=O) groups excluding carboxylic acids is 2. The Morgan fingerprint density at radius 2 is 2.04 bits per heavy atom. The minimum absolute atomic E-state index is 0.401. The molecule has 1 aromatic rings. The number of nitrogens with one attached hydrogen (secondary N) is 1. The quantitative estimate of drug-likeness (QED) is 0.732. The number of rotatable bonds is 6. The second kappa shape index (κ2) is 9.17. The van der Waals surface area contributed by atoms with Gasteiger partial charge >= 0.3 is 12.1 Å². The largest absolute Gasteiger partial charge is 0.467 e. The number of halogens is 1. The van der Waals surface area contributed by atoms with Crippen molar-refractivity contribution in [2.45, 2.75) is 38.2 Å². The standard InChI is InChI=1S/C16H22BrNO4S/c1-16(2,3)22-15(20)18-13(14(19)21-4)10-23-9-11-6-5-7-12(17)8-11/h5-8,13H,9-10H2,1-4H3,(H,18,20)/t13-/m0/s1. The highest BCUT2D eigenvalue weighted by Gasteiger charge is 2.24. The van der Waals surface area contributed by atoms with Gasteiger partial charge in [-0.05, 0) is 38.5 Å². The third kappa shape index (κ3) is 8.27. The minimum Gasteiger partial charge on any atom is -0.467 e. The average molecular weight is 404 g/mol. The normalized spacial score (nSPS) is 12.4. The SMILES string of the molecule is COC(=O)[C@H](CSCc1cccc(Br)c1)NC(=O)OC(C)(C)C. The van der Waals surface area contributed by atoms with Gasteiger partial charge in [0.2, 0.25) is 0 Å². The van der Waals surface area contributed by atoms with Gasteiger partial charge in [-0.2, -0.15) is 11.8 Å². The van der Waals surface area contributed by atoms with Gasteiger partial charge in [-0.3, -0.25) is 0 Å². The molecule has 1 amide bonds. The lowest BCUT2D eigenvalue weighted by molar-refractivity contribution is -0.142. The average Bonchev–Trinajstić information content (AvgIpc) is 2.43. The van der Waals surface area contributed by atoms with Crippen LogP contribution in [0.5, 0.6) is 0 Å². The monoisotopic (exact) mass is 403 g/mol. The van der Waals surface area contributed by atoms with Crippen LogP contribution in [0, 0.1) is 0 Å². The van der Waals surface area contributed by atoms with Gasteiger partial charge < -0.3 is 14.8 Å². The van der Waals surface area contributed by atoms with Crippen molar-refractivity contribution in [2.24, 2.45) is 0 Å². The van der Waals surface area contributed by atoms with Crippen molar-refractivity contribution in [3.63, 3.8) is 0 Å². The van der Waals surface area contributed by atoms with E-state index in [1.807, 2.05) is 24.3 Å². The van der Waals surface area contributed by atoms with E-state index in [0.717, 1.165) is 15.8 Å². The molecule has 1 aromatic carbocycles. The Hall–Kier alpha value is -1.21. The number of carbonyl (C=O) groups is 2. The van der Waals surface area contributed by atoms with E-state index < -0.39 is 23.7 Å². The summed E-state index contributed by atoms with van der Waals surface area (Å²) in [5, 5.41) is 2.56. The van der Waals surface area contributed by atoms with Gasteiger partial charge in [-0.1, -0.05) is 28.1 Å². The molecule has 5 nitrogen and oxygen atoms in total. The summed E-state index contributed by atoms with van der Waals surface area (Å²) in [5.74, 6) is 0.638. The van der Waals surface area contributed by atoms with Gasteiger partial charge in [0.25, 0.3) is 0 Å². The second-order valence-corrected chi connectivity index (χ2v) is 7.81. The maximum atomic E-state index is 11.8. The molecule has 0 heterocycles. The first kappa shape index (κ1) is 19.8. The van der Waals surface area contributed by atoms with Crippen LogP contribution in [0.1, 0.15) is 26.3 Å². The van der Waals surface area contributed by atoms with Crippen molar-refractivity contribution < 1.29 is 19.1 Å². The number of amides is 1. The van der Waals surface area contributed by atoms with Crippen LogP contribution in [0.4, 0.5) is 4.79 Å². The zero-order valence-electron chi connectivity index (χ0n) is 13.7. The van der Waals surface area contributed by atoms with Gasteiger partial charge in [0.15, 0.2) is 0 Å². The zero-order valence-corrected chi connectivity index (χ0v) is 16.1. The molecule has 1 N–H and O–H groups in total. The predicted molar refractivity (Wildman–Crippen MR) is 95.5 cm³/mol. The van der Waals surface area contributed by atoms with E-state index in [2.05, 4.69) is 21.2 Å². The molecule has 23 heavy (non-hydrogen) atoms. The van der Waals surface area contributed by atoms with E-state index in [1.165, 1.54) is 18.9 Å². The zero-order chi connectivity index (χ0) is 17.5. The Kier molecular flexibility index (Phi) is 7.91. The third-order valence-electron chi connectivity index (χ3n) is 2.62. The summed E-state index contributed by atoms with van der Waals surface area (Å²) in [6.07, 6.45) is -0.629. The summed E-state index contributed by atoms with van der Waals surface area (Å²) in [7, 11) is 1.30. The van der Waals surface area contributed by atoms with E-state index in [9.17, 15) is 9.59 Å². The highest BCUT2D eigenvalue weighted by Crippen LogP contribution is 2.18. The van der Waals surface area contributed by atoms with Gasteiger partial charge in [0.1, 0.15) is 11.6 Å². The van der Waals surface area contributed by atoms with Crippen molar-refractivity contribution in [3.05, 3.63) is 34.3 Å². The first-order valence-corrected chi connectivity index (χ1v) is 9.05. The van der Waals surface area contributed by atoms with Crippen LogP contribution in [0.2, 0.25) is 0 Å². The van der Waals surface area contributed by atoms with Gasteiger partial charge in [-0.25, -0.2) is 9.59 Å². The van der Waals surface area contributed by atoms with Crippen molar-refractivity contribution in [1.29, 1.82) is 0 Å². The summed E-state index contributed by atoms with van der Waals surface area (Å²) in [5.41, 5.74) is 0.513. The van der Waals surface area contributed by atoms with Crippen LogP contribution in [-0.4, -0.2) is 36.6 Å². The van der Waals surface area contributed by atoms with Crippen LogP contribution < -0.4 is 5.32 Å². The molecule has 128 valence electrons. The van der Waals surface area contributed by atoms with Crippen LogP contribution in [0.3, 0.4) is 0 Å². The van der Waals surface area contributed by atoms with E-state index in [-0.39, 0.29) is 0 Å². The Bertz CT molecular complexity index is 545. The van der Waals surface area contributed by atoms with Crippen LogP contribution in [0.25, 0.3) is 0 Å². The topological polar surface area (TPSA) is 64.6 Å². The molecule has 0 saturated carbocycles. The fourth-order valence-electron chi connectivity index (χ4n) is 1.68. The lowest BCUT2D eigenvalue weighted by atomic mass is 10.2. The first-order chi connectivity index (χ1) is 10.7. The van der Waals surface area contributed by atoms with Crippen molar-refractivity contribution in [1.82, 2.24) is 5.32 Å². The van der Waals surface area contributed by atoms with Crippen LogP contribution >= 0.6 is 27.7 Å². The third-order valence-corrected chi connectivity index (χ3v) is 4.22. The number of methoxy groups -OCH3 is 1. The molecule has 0 radical (unpaired) electrons. The lowest BCUT2D eigenvalue weighted by Gasteiger charge is -2.22. The van der Waals surface area contributed by atoms with E-state index >= 15 is 0 Å². The number of alkyl carbamates (subject to hydrolysis) is 1. The molecule has 7 heteroatoms. The molecular formula is C16H22BrNO4S. The summed E-state index contributed by atoms with van der Waals surface area (Å²) >= 11 is 4.96. The number of esters is 1.